The first-order valence-corrected chi connectivity index (χ1v) is 6.54. The fourth-order valence-electron chi connectivity index (χ4n) is 2.14. The second-order valence-corrected chi connectivity index (χ2v) is 4.64. The molecule has 0 saturated heterocycles. The van der Waals surface area contributed by atoms with Crippen molar-refractivity contribution in [1.29, 1.82) is 0 Å². The molecule has 0 amide bonds. The molecule has 0 aliphatic carbocycles. The zero-order valence-corrected chi connectivity index (χ0v) is 11.8. The Morgan fingerprint density at radius 3 is 2.17 bits per heavy atom. The zero-order valence-electron chi connectivity index (χ0n) is 11.8. The summed E-state index contributed by atoms with van der Waals surface area (Å²) in [5.41, 5.74) is 0.756. The van der Waals surface area contributed by atoms with Crippen molar-refractivity contribution < 1.29 is 14.6 Å². The Balaban J connectivity index is 2.98. The van der Waals surface area contributed by atoms with Crippen LogP contribution in [0.15, 0.2) is 18.2 Å². The first kappa shape index (κ1) is 14.8. The van der Waals surface area contributed by atoms with Gasteiger partial charge in [-0.1, -0.05) is 32.8 Å². The van der Waals surface area contributed by atoms with Crippen LogP contribution in [0.4, 0.5) is 0 Å². The Labute approximate surface area is 110 Å². The molecular formula is C15H24O3. The molecule has 0 aromatic heterocycles. The monoisotopic (exact) mass is 252 g/mol. The maximum absolute atomic E-state index is 10.5. The highest BCUT2D eigenvalue weighted by Crippen LogP contribution is 2.38. The molecule has 1 aromatic carbocycles. The van der Waals surface area contributed by atoms with Gasteiger partial charge in [-0.25, -0.2) is 0 Å². The van der Waals surface area contributed by atoms with E-state index in [9.17, 15) is 5.11 Å². The second-order valence-electron chi connectivity index (χ2n) is 4.64. The molecule has 2 atom stereocenters. The lowest BCUT2D eigenvalue weighted by molar-refractivity contribution is 0.105. The van der Waals surface area contributed by atoms with Crippen LogP contribution in [0.5, 0.6) is 11.5 Å². The van der Waals surface area contributed by atoms with E-state index < -0.39 is 6.10 Å². The standard InChI is InChI=1S/C15H24O3/c1-5-6-8-11(2)15(16)14-12(17-3)9-7-10-13(14)18-4/h7,9-11,15-16H,5-6,8H2,1-4H3. The summed E-state index contributed by atoms with van der Waals surface area (Å²) in [7, 11) is 3.23. The zero-order chi connectivity index (χ0) is 13.5. The molecule has 3 nitrogen and oxygen atoms in total. The largest absolute Gasteiger partial charge is 0.496 e. The van der Waals surface area contributed by atoms with Gasteiger partial charge in [-0.05, 0) is 24.5 Å². The van der Waals surface area contributed by atoms with E-state index in [1.165, 1.54) is 0 Å². The molecule has 0 saturated carbocycles. The number of methoxy groups -OCH3 is 2. The van der Waals surface area contributed by atoms with Gasteiger partial charge in [0.05, 0.1) is 25.9 Å². The predicted octanol–water partition coefficient (Wildman–Crippen LogP) is 3.56. The normalized spacial score (nSPS) is 14.1. The third-order valence-corrected chi connectivity index (χ3v) is 3.31. The van der Waals surface area contributed by atoms with Gasteiger partial charge < -0.3 is 14.6 Å². The lowest BCUT2D eigenvalue weighted by Gasteiger charge is -2.23. The lowest BCUT2D eigenvalue weighted by Crippen LogP contribution is -2.12. The van der Waals surface area contributed by atoms with Gasteiger partial charge in [0.15, 0.2) is 0 Å². The minimum Gasteiger partial charge on any atom is -0.496 e. The van der Waals surface area contributed by atoms with Gasteiger partial charge in [0.2, 0.25) is 0 Å². The van der Waals surface area contributed by atoms with E-state index in [1.54, 1.807) is 14.2 Å². The van der Waals surface area contributed by atoms with Crippen molar-refractivity contribution >= 4 is 0 Å². The van der Waals surface area contributed by atoms with Gasteiger partial charge in [0, 0.05) is 0 Å². The highest BCUT2D eigenvalue weighted by Gasteiger charge is 2.23. The smallest absolute Gasteiger partial charge is 0.128 e. The summed E-state index contributed by atoms with van der Waals surface area (Å²) in [6, 6.07) is 5.58. The molecule has 0 bridgehead atoms. The molecular weight excluding hydrogens is 228 g/mol. The molecule has 0 heterocycles. The maximum Gasteiger partial charge on any atom is 0.128 e. The van der Waals surface area contributed by atoms with Crippen molar-refractivity contribution in [2.45, 2.75) is 39.2 Å². The lowest BCUT2D eigenvalue weighted by atomic mass is 9.91. The van der Waals surface area contributed by atoms with Gasteiger partial charge in [0.25, 0.3) is 0 Å². The summed E-state index contributed by atoms with van der Waals surface area (Å²) < 4.78 is 10.6. The summed E-state index contributed by atoms with van der Waals surface area (Å²) in [5.74, 6) is 1.56. The van der Waals surface area contributed by atoms with Crippen molar-refractivity contribution in [3.05, 3.63) is 23.8 Å². The number of aliphatic hydroxyl groups excluding tert-OH is 1. The van der Waals surface area contributed by atoms with Gasteiger partial charge in [0.1, 0.15) is 11.5 Å². The molecule has 0 spiro atoms. The first-order chi connectivity index (χ1) is 8.65. The van der Waals surface area contributed by atoms with Crippen LogP contribution < -0.4 is 9.47 Å². The Kier molecular flexibility index (Phi) is 5.99. The molecule has 2 unspecified atom stereocenters. The summed E-state index contributed by atoms with van der Waals surface area (Å²) in [6.45, 7) is 4.22. The highest BCUT2D eigenvalue weighted by molar-refractivity contribution is 5.46. The van der Waals surface area contributed by atoms with Crippen LogP contribution in [0.3, 0.4) is 0 Å². The molecule has 1 aromatic rings. The number of hydrogen-bond donors (Lipinski definition) is 1. The number of hydrogen-bond acceptors (Lipinski definition) is 3. The third-order valence-electron chi connectivity index (χ3n) is 3.31. The van der Waals surface area contributed by atoms with E-state index in [2.05, 4.69) is 13.8 Å². The number of rotatable bonds is 7. The number of ether oxygens (including phenoxy) is 2. The molecule has 18 heavy (non-hydrogen) atoms. The van der Waals surface area contributed by atoms with Gasteiger partial charge in [-0.15, -0.1) is 0 Å². The Bertz CT molecular complexity index is 341. The van der Waals surface area contributed by atoms with Crippen LogP contribution in [-0.4, -0.2) is 19.3 Å². The average Bonchev–Trinajstić information content (AvgIpc) is 2.42. The van der Waals surface area contributed by atoms with Crippen LogP contribution in [-0.2, 0) is 0 Å². The Morgan fingerprint density at radius 1 is 1.17 bits per heavy atom. The minimum absolute atomic E-state index is 0.190. The van der Waals surface area contributed by atoms with Crippen LogP contribution in [0, 0.1) is 5.92 Å². The molecule has 0 fully saturated rings. The van der Waals surface area contributed by atoms with E-state index in [1.807, 2.05) is 18.2 Å². The van der Waals surface area contributed by atoms with Gasteiger partial charge in [-0.3, -0.25) is 0 Å². The molecule has 1 N–H and O–H groups in total. The fourth-order valence-corrected chi connectivity index (χ4v) is 2.14. The van der Waals surface area contributed by atoms with Crippen LogP contribution in [0.25, 0.3) is 0 Å². The van der Waals surface area contributed by atoms with Gasteiger partial charge in [-0.2, -0.15) is 0 Å². The number of benzene rings is 1. The average molecular weight is 252 g/mol. The molecule has 1 rings (SSSR count). The van der Waals surface area contributed by atoms with E-state index in [-0.39, 0.29) is 5.92 Å². The maximum atomic E-state index is 10.5. The number of unbranched alkanes of at least 4 members (excludes halogenated alkanes) is 1. The van der Waals surface area contributed by atoms with Crippen LogP contribution in [0.2, 0.25) is 0 Å². The predicted molar refractivity (Wildman–Crippen MR) is 73.2 cm³/mol. The van der Waals surface area contributed by atoms with Crippen LogP contribution >= 0.6 is 0 Å². The third kappa shape index (κ3) is 3.39. The molecule has 102 valence electrons. The first-order valence-electron chi connectivity index (χ1n) is 6.54. The SMILES string of the molecule is CCCCC(C)C(O)c1c(OC)cccc1OC. The van der Waals surface area contributed by atoms with Crippen molar-refractivity contribution in [2.75, 3.05) is 14.2 Å². The fraction of sp³-hybridized carbons (Fsp3) is 0.600. The van der Waals surface area contributed by atoms with Crippen molar-refractivity contribution in [3.8, 4) is 11.5 Å². The molecule has 0 aliphatic heterocycles. The Morgan fingerprint density at radius 2 is 1.72 bits per heavy atom. The molecule has 3 heteroatoms. The van der Waals surface area contributed by atoms with Crippen LogP contribution in [0.1, 0.15) is 44.8 Å². The van der Waals surface area contributed by atoms with Crippen molar-refractivity contribution in [3.63, 3.8) is 0 Å². The minimum atomic E-state index is -0.553. The highest BCUT2D eigenvalue weighted by atomic mass is 16.5. The summed E-state index contributed by atoms with van der Waals surface area (Å²) in [4.78, 5) is 0. The van der Waals surface area contributed by atoms with E-state index in [4.69, 9.17) is 9.47 Å². The van der Waals surface area contributed by atoms with E-state index in [0.29, 0.717) is 11.5 Å². The summed E-state index contributed by atoms with van der Waals surface area (Å²) >= 11 is 0. The Hall–Kier alpha value is -1.22. The van der Waals surface area contributed by atoms with Crippen molar-refractivity contribution in [2.24, 2.45) is 5.92 Å². The number of aliphatic hydroxyl groups is 1. The summed E-state index contributed by atoms with van der Waals surface area (Å²) in [5, 5.41) is 10.5. The summed E-state index contributed by atoms with van der Waals surface area (Å²) in [6.07, 6.45) is 2.71. The molecule has 0 radical (unpaired) electrons. The van der Waals surface area contributed by atoms with E-state index in [0.717, 1.165) is 24.8 Å². The second kappa shape index (κ2) is 7.27. The topological polar surface area (TPSA) is 38.7 Å². The van der Waals surface area contributed by atoms with E-state index >= 15 is 0 Å². The quantitative estimate of drug-likeness (QED) is 0.806. The van der Waals surface area contributed by atoms with Gasteiger partial charge >= 0.3 is 0 Å². The van der Waals surface area contributed by atoms with Crippen molar-refractivity contribution in [1.82, 2.24) is 0 Å². The molecule has 0 aliphatic rings.